The Morgan fingerprint density at radius 3 is 2.50 bits per heavy atom. The summed E-state index contributed by atoms with van der Waals surface area (Å²) in [6.45, 7) is 4.22. The maximum Gasteiger partial charge on any atom is 0.137 e. The topological polar surface area (TPSA) is 12.0 Å². The van der Waals surface area contributed by atoms with E-state index in [-0.39, 0.29) is 17.9 Å². The third kappa shape index (κ3) is 3.19. The number of hydrogen-bond donors (Lipinski definition) is 1. The fourth-order valence-corrected chi connectivity index (χ4v) is 3.02. The maximum absolute atomic E-state index is 13.2. The zero-order valence-corrected chi connectivity index (χ0v) is 12.7. The Morgan fingerprint density at radius 2 is 1.89 bits per heavy atom. The minimum absolute atomic E-state index is 0.178. The van der Waals surface area contributed by atoms with Gasteiger partial charge >= 0.3 is 0 Å². The molecule has 2 atom stereocenters. The van der Waals surface area contributed by atoms with Crippen LogP contribution in [0.3, 0.4) is 0 Å². The first kappa shape index (κ1) is 13.7. The van der Waals surface area contributed by atoms with E-state index in [9.17, 15) is 4.39 Å². The van der Waals surface area contributed by atoms with Crippen LogP contribution in [0.4, 0.5) is 4.39 Å². The van der Waals surface area contributed by atoms with Gasteiger partial charge in [0.15, 0.2) is 0 Å². The molecule has 18 heavy (non-hydrogen) atoms. The molecule has 2 unspecified atom stereocenters. The molecule has 0 aliphatic carbocycles. The molecule has 1 N–H and O–H groups in total. The molecule has 1 aromatic heterocycles. The molecule has 4 heteroatoms. The summed E-state index contributed by atoms with van der Waals surface area (Å²) in [5, 5.41) is 7.73. The zero-order chi connectivity index (χ0) is 13.1. The highest BCUT2D eigenvalue weighted by molar-refractivity contribution is 9.10. The summed E-state index contributed by atoms with van der Waals surface area (Å²) in [5.74, 6) is -0.225. The average molecular weight is 328 g/mol. The van der Waals surface area contributed by atoms with E-state index < -0.39 is 0 Å². The van der Waals surface area contributed by atoms with E-state index in [1.807, 2.05) is 12.1 Å². The van der Waals surface area contributed by atoms with Crippen LogP contribution in [0.1, 0.15) is 37.1 Å². The highest BCUT2D eigenvalue weighted by Crippen LogP contribution is 2.24. The van der Waals surface area contributed by atoms with Gasteiger partial charge in [0.2, 0.25) is 0 Å². The average Bonchev–Trinajstić information content (AvgIpc) is 2.86. The van der Waals surface area contributed by atoms with Gasteiger partial charge in [0.05, 0.1) is 4.47 Å². The van der Waals surface area contributed by atoms with Crippen LogP contribution in [0.25, 0.3) is 0 Å². The Bertz CT molecular complexity index is 513. The van der Waals surface area contributed by atoms with E-state index in [0.29, 0.717) is 4.47 Å². The van der Waals surface area contributed by atoms with Gasteiger partial charge in [0, 0.05) is 12.1 Å². The zero-order valence-electron chi connectivity index (χ0n) is 10.3. The van der Waals surface area contributed by atoms with Crippen LogP contribution in [0, 0.1) is 5.82 Å². The standard InChI is InChI=1S/C14H15BrFNS/c1-9(11-3-4-14(16)13(15)7-11)17-10(2)12-5-6-18-8-12/h3-10,17H,1-2H3. The third-order valence-electron chi connectivity index (χ3n) is 2.99. The molecule has 0 fully saturated rings. The fourth-order valence-electron chi connectivity index (χ4n) is 1.87. The first-order chi connectivity index (χ1) is 8.58. The van der Waals surface area contributed by atoms with Gasteiger partial charge in [-0.3, -0.25) is 0 Å². The van der Waals surface area contributed by atoms with Gasteiger partial charge in [-0.15, -0.1) is 0 Å². The lowest BCUT2D eigenvalue weighted by molar-refractivity contribution is 0.494. The van der Waals surface area contributed by atoms with Crippen LogP contribution in [0.2, 0.25) is 0 Å². The van der Waals surface area contributed by atoms with Gasteiger partial charge in [-0.2, -0.15) is 11.3 Å². The van der Waals surface area contributed by atoms with Crippen molar-refractivity contribution in [1.29, 1.82) is 0 Å². The SMILES string of the molecule is CC(NC(C)c1ccc(F)c(Br)c1)c1ccsc1. The highest BCUT2D eigenvalue weighted by Gasteiger charge is 2.12. The number of nitrogens with one attached hydrogen (secondary N) is 1. The summed E-state index contributed by atoms with van der Waals surface area (Å²) in [4.78, 5) is 0. The number of thiophene rings is 1. The lowest BCUT2D eigenvalue weighted by Crippen LogP contribution is -2.22. The van der Waals surface area contributed by atoms with Crippen LogP contribution in [0.5, 0.6) is 0 Å². The summed E-state index contributed by atoms with van der Waals surface area (Å²) in [6, 6.07) is 7.72. The molecule has 0 spiro atoms. The lowest BCUT2D eigenvalue weighted by Gasteiger charge is -2.20. The molecule has 0 radical (unpaired) electrons. The normalized spacial score (nSPS) is 14.4. The van der Waals surface area contributed by atoms with Crippen LogP contribution in [-0.2, 0) is 0 Å². The molecule has 0 aliphatic rings. The van der Waals surface area contributed by atoms with Crippen molar-refractivity contribution in [2.24, 2.45) is 0 Å². The predicted octanol–water partition coefficient (Wildman–Crippen LogP) is 5.06. The smallest absolute Gasteiger partial charge is 0.137 e. The maximum atomic E-state index is 13.2. The van der Waals surface area contributed by atoms with E-state index >= 15 is 0 Å². The number of rotatable bonds is 4. The van der Waals surface area contributed by atoms with Gasteiger partial charge in [0.25, 0.3) is 0 Å². The van der Waals surface area contributed by atoms with Crippen LogP contribution >= 0.6 is 27.3 Å². The summed E-state index contributed by atoms with van der Waals surface area (Å²) in [6.07, 6.45) is 0. The van der Waals surface area contributed by atoms with Crippen molar-refractivity contribution in [3.05, 3.63) is 56.4 Å². The molecule has 0 amide bonds. The van der Waals surface area contributed by atoms with Gasteiger partial charge in [-0.05, 0) is 69.9 Å². The number of benzene rings is 1. The van der Waals surface area contributed by atoms with Gasteiger partial charge in [-0.25, -0.2) is 4.39 Å². The third-order valence-corrected chi connectivity index (χ3v) is 4.30. The second kappa shape index (κ2) is 5.95. The number of hydrogen-bond acceptors (Lipinski definition) is 2. The largest absolute Gasteiger partial charge is 0.304 e. The molecule has 2 aromatic rings. The molecule has 0 aliphatic heterocycles. The van der Waals surface area contributed by atoms with Crippen molar-refractivity contribution < 1.29 is 4.39 Å². The molecule has 0 saturated carbocycles. The van der Waals surface area contributed by atoms with Crippen LogP contribution < -0.4 is 5.32 Å². The summed E-state index contributed by atoms with van der Waals surface area (Å²) in [5.41, 5.74) is 2.36. The van der Waals surface area contributed by atoms with Crippen LogP contribution in [0.15, 0.2) is 39.5 Å². The van der Waals surface area contributed by atoms with Crippen molar-refractivity contribution in [1.82, 2.24) is 5.32 Å². The Labute approximate surface area is 119 Å². The lowest BCUT2D eigenvalue weighted by atomic mass is 10.1. The molecule has 96 valence electrons. The fraction of sp³-hybridized carbons (Fsp3) is 0.286. The second-order valence-corrected chi connectivity index (χ2v) is 5.97. The van der Waals surface area contributed by atoms with Crippen molar-refractivity contribution in [2.75, 3.05) is 0 Å². The molecular formula is C14H15BrFNS. The van der Waals surface area contributed by atoms with Crippen molar-refractivity contribution in [3.8, 4) is 0 Å². The highest BCUT2D eigenvalue weighted by atomic mass is 79.9. The molecule has 1 nitrogen and oxygen atoms in total. The van der Waals surface area contributed by atoms with Gasteiger partial charge in [-0.1, -0.05) is 6.07 Å². The Kier molecular flexibility index (Phi) is 4.54. The van der Waals surface area contributed by atoms with E-state index in [4.69, 9.17) is 0 Å². The quantitative estimate of drug-likeness (QED) is 0.827. The molecule has 1 heterocycles. The monoisotopic (exact) mass is 327 g/mol. The summed E-state index contributed by atoms with van der Waals surface area (Å²) in [7, 11) is 0. The predicted molar refractivity (Wildman–Crippen MR) is 78.4 cm³/mol. The van der Waals surface area contributed by atoms with E-state index in [0.717, 1.165) is 5.56 Å². The van der Waals surface area contributed by atoms with E-state index in [2.05, 4.69) is 51.9 Å². The summed E-state index contributed by atoms with van der Waals surface area (Å²) < 4.78 is 13.7. The van der Waals surface area contributed by atoms with E-state index in [1.165, 1.54) is 11.6 Å². The minimum Gasteiger partial charge on any atom is -0.304 e. The number of halogens is 2. The van der Waals surface area contributed by atoms with Gasteiger partial charge < -0.3 is 5.32 Å². The minimum atomic E-state index is -0.225. The first-order valence-corrected chi connectivity index (χ1v) is 7.54. The molecule has 0 bridgehead atoms. The van der Waals surface area contributed by atoms with Gasteiger partial charge in [0.1, 0.15) is 5.82 Å². The van der Waals surface area contributed by atoms with E-state index in [1.54, 1.807) is 11.3 Å². The molecule has 1 aromatic carbocycles. The summed E-state index contributed by atoms with van der Waals surface area (Å²) >= 11 is 4.92. The Balaban J connectivity index is 2.07. The van der Waals surface area contributed by atoms with Crippen molar-refractivity contribution >= 4 is 27.3 Å². The van der Waals surface area contributed by atoms with Crippen LogP contribution in [-0.4, -0.2) is 0 Å². The molecule has 2 rings (SSSR count). The molecule has 0 saturated heterocycles. The Hall–Kier alpha value is -0.710. The second-order valence-electron chi connectivity index (χ2n) is 4.34. The van der Waals surface area contributed by atoms with Crippen molar-refractivity contribution in [3.63, 3.8) is 0 Å². The van der Waals surface area contributed by atoms with Crippen molar-refractivity contribution in [2.45, 2.75) is 25.9 Å². The Morgan fingerprint density at radius 1 is 1.17 bits per heavy atom. The first-order valence-electron chi connectivity index (χ1n) is 5.81. The molecular weight excluding hydrogens is 313 g/mol.